The Morgan fingerprint density at radius 1 is 1.47 bits per heavy atom. The molecule has 0 amide bonds. The molecule has 19 heavy (non-hydrogen) atoms. The van der Waals surface area contributed by atoms with E-state index >= 15 is 0 Å². The molecule has 5 heteroatoms. The molecule has 1 aliphatic carbocycles. The van der Waals surface area contributed by atoms with Crippen molar-refractivity contribution in [3.63, 3.8) is 0 Å². The van der Waals surface area contributed by atoms with Gasteiger partial charge in [0.25, 0.3) is 5.69 Å². The standard InChI is InChI=1S/C14H20N2O3/c1-2-8-15-13-7-6-11(9-14(13)16(17)18)10-19-12-4-3-5-12/h6-7,9,12,15H,2-5,8,10H2,1H3. The van der Waals surface area contributed by atoms with E-state index in [-0.39, 0.29) is 10.6 Å². The highest BCUT2D eigenvalue weighted by molar-refractivity contribution is 5.62. The number of nitro benzene ring substituents is 1. The smallest absolute Gasteiger partial charge is 0.292 e. The lowest BCUT2D eigenvalue weighted by molar-refractivity contribution is -0.384. The Labute approximate surface area is 113 Å². The minimum Gasteiger partial charge on any atom is -0.380 e. The third kappa shape index (κ3) is 3.67. The lowest BCUT2D eigenvalue weighted by atomic mass is 9.96. The van der Waals surface area contributed by atoms with Gasteiger partial charge in [-0.1, -0.05) is 13.0 Å². The van der Waals surface area contributed by atoms with Gasteiger partial charge >= 0.3 is 0 Å². The maximum atomic E-state index is 11.1. The van der Waals surface area contributed by atoms with Gasteiger partial charge in [-0.25, -0.2) is 0 Å². The second-order valence-corrected chi connectivity index (χ2v) is 4.90. The van der Waals surface area contributed by atoms with Gasteiger partial charge in [0.1, 0.15) is 5.69 Å². The number of nitrogens with zero attached hydrogens (tertiary/aromatic N) is 1. The van der Waals surface area contributed by atoms with Gasteiger partial charge in [0.15, 0.2) is 0 Å². The fraction of sp³-hybridized carbons (Fsp3) is 0.571. The highest BCUT2D eigenvalue weighted by atomic mass is 16.6. The van der Waals surface area contributed by atoms with Crippen molar-refractivity contribution < 1.29 is 9.66 Å². The monoisotopic (exact) mass is 264 g/mol. The molecule has 2 rings (SSSR count). The third-order valence-corrected chi connectivity index (χ3v) is 3.36. The van der Waals surface area contributed by atoms with Crippen LogP contribution in [0, 0.1) is 10.1 Å². The molecule has 0 heterocycles. The minimum absolute atomic E-state index is 0.128. The van der Waals surface area contributed by atoms with Gasteiger partial charge in [-0.2, -0.15) is 0 Å². The highest BCUT2D eigenvalue weighted by Crippen LogP contribution is 2.27. The summed E-state index contributed by atoms with van der Waals surface area (Å²) in [5, 5.41) is 14.1. The van der Waals surface area contributed by atoms with Crippen molar-refractivity contribution in [3.8, 4) is 0 Å². The summed E-state index contributed by atoms with van der Waals surface area (Å²) >= 11 is 0. The average molecular weight is 264 g/mol. The van der Waals surface area contributed by atoms with E-state index in [2.05, 4.69) is 5.32 Å². The molecule has 0 atom stereocenters. The van der Waals surface area contributed by atoms with E-state index in [0.29, 0.717) is 18.4 Å². The zero-order valence-corrected chi connectivity index (χ0v) is 11.2. The van der Waals surface area contributed by atoms with Crippen LogP contribution in [0.15, 0.2) is 18.2 Å². The summed E-state index contributed by atoms with van der Waals surface area (Å²) in [5.74, 6) is 0. The lowest BCUT2D eigenvalue weighted by Gasteiger charge is -2.25. The summed E-state index contributed by atoms with van der Waals surface area (Å²) in [6.45, 7) is 3.22. The molecule has 1 aromatic rings. The highest BCUT2D eigenvalue weighted by Gasteiger charge is 2.19. The molecule has 0 saturated heterocycles. The molecule has 1 saturated carbocycles. The van der Waals surface area contributed by atoms with Crippen LogP contribution in [0.1, 0.15) is 38.2 Å². The number of anilines is 1. The lowest BCUT2D eigenvalue weighted by Crippen LogP contribution is -2.21. The largest absolute Gasteiger partial charge is 0.380 e. The van der Waals surface area contributed by atoms with E-state index in [0.717, 1.165) is 31.4 Å². The Morgan fingerprint density at radius 2 is 2.26 bits per heavy atom. The summed E-state index contributed by atoms with van der Waals surface area (Å²) in [6, 6.07) is 5.27. The molecule has 5 nitrogen and oxygen atoms in total. The van der Waals surface area contributed by atoms with Crippen LogP contribution in [0.3, 0.4) is 0 Å². The van der Waals surface area contributed by atoms with Gasteiger partial charge in [-0.05, 0) is 37.3 Å². The van der Waals surface area contributed by atoms with Gasteiger partial charge in [0.2, 0.25) is 0 Å². The number of nitrogens with one attached hydrogen (secondary N) is 1. The molecule has 1 fully saturated rings. The molecule has 1 aliphatic rings. The maximum absolute atomic E-state index is 11.1. The molecule has 1 N–H and O–H groups in total. The van der Waals surface area contributed by atoms with Crippen molar-refractivity contribution in [2.45, 2.75) is 45.3 Å². The summed E-state index contributed by atoms with van der Waals surface area (Å²) in [6.07, 6.45) is 4.72. The third-order valence-electron chi connectivity index (χ3n) is 3.36. The van der Waals surface area contributed by atoms with Gasteiger partial charge in [-0.15, -0.1) is 0 Å². The van der Waals surface area contributed by atoms with Gasteiger partial charge in [-0.3, -0.25) is 10.1 Å². The molecule has 0 spiro atoms. The molecular weight excluding hydrogens is 244 g/mol. The van der Waals surface area contributed by atoms with Crippen LogP contribution in [0.5, 0.6) is 0 Å². The van der Waals surface area contributed by atoms with Gasteiger partial charge in [0.05, 0.1) is 17.6 Å². The zero-order valence-electron chi connectivity index (χ0n) is 11.2. The van der Waals surface area contributed by atoms with Crippen LogP contribution in [0.4, 0.5) is 11.4 Å². The SMILES string of the molecule is CCCNc1ccc(COC2CCC2)cc1[N+](=O)[O-]. The number of hydrogen-bond donors (Lipinski definition) is 1. The van der Waals surface area contributed by atoms with Crippen LogP contribution in [0.25, 0.3) is 0 Å². The van der Waals surface area contributed by atoms with Crippen LogP contribution < -0.4 is 5.32 Å². The van der Waals surface area contributed by atoms with E-state index in [1.54, 1.807) is 12.1 Å². The second kappa shape index (κ2) is 6.52. The molecular formula is C14H20N2O3. The maximum Gasteiger partial charge on any atom is 0.292 e. The fourth-order valence-electron chi connectivity index (χ4n) is 1.98. The quantitative estimate of drug-likeness (QED) is 0.605. The van der Waals surface area contributed by atoms with Gasteiger partial charge in [0, 0.05) is 12.6 Å². The Balaban J connectivity index is 2.03. The fourth-order valence-corrected chi connectivity index (χ4v) is 1.98. The minimum atomic E-state index is -0.342. The summed E-state index contributed by atoms with van der Waals surface area (Å²) in [5.41, 5.74) is 1.57. The van der Waals surface area contributed by atoms with E-state index in [9.17, 15) is 10.1 Å². The van der Waals surface area contributed by atoms with Crippen LogP contribution in [-0.4, -0.2) is 17.6 Å². The van der Waals surface area contributed by atoms with Crippen molar-refractivity contribution >= 4 is 11.4 Å². The van der Waals surface area contributed by atoms with Crippen LogP contribution in [0.2, 0.25) is 0 Å². The first-order chi connectivity index (χ1) is 9.20. The summed E-state index contributed by atoms with van der Waals surface area (Å²) < 4.78 is 5.68. The molecule has 0 radical (unpaired) electrons. The Kier molecular flexibility index (Phi) is 4.74. The molecule has 0 aliphatic heterocycles. The summed E-state index contributed by atoms with van der Waals surface area (Å²) in [7, 11) is 0. The van der Waals surface area contributed by atoms with Crippen LogP contribution in [-0.2, 0) is 11.3 Å². The van der Waals surface area contributed by atoms with E-state index in [1.165, 1.54) is 6.42 Å². The first-order valence-corrected chi connectivity index (χ1v) is 6.83. The van der Waals surface area contributed by atoms with Gasteiger partial charge < -0.3 is 10.1 Å². The van der Waals surface area contributed by atoms with Crippen LogP contribution >= 0.6 is 0 Å². The molecule has 104 valence electrons. The summed E-state index contributed by atoms with van der Waals surface area (Å²) in [4.78, 5) is 10.7. The van der Waals surface area contributed by atoms with E-state index < -0.39 is 0 Å². The number of rotatable bonds is 7. The number of ether oxygens (including phenoxy) is 1. The average Bonchev–Trinajstić information content (AvgIpc) is 2.35. The van der Waals surface area contributed by atoms with Crippen molar-refractivity contribution in [3.05, 3.63) is 33.9 Å². The van der Waals surface area contributed by atoms with Crippen molar-refractivity contribution in [2.24, 2.45) is 0 Å². The second-order valence-electron chi connectivity index (χ2n) is 4.90. The van der Waals surface area contributed by atoms with Crippen molar-refractivity contribution in [2.75, 3.05) is 11.9 Å². The molecule has 0 aromatic heterocycles. The van der Waals surface area contributed by atoms with E-state index in [4.69, 9.17) is 4.74 Å². The first kappa shape index (κ1) is 13.8. The van der Waals surface area contributed by atoms with Crippen molar-refractivity contribution in [1.82, 2.24) is 0 Å². The predicted octanol–water partition coefficient (Wildman–Crippen LogP) is 3.49. The number of hydrogen-bond acceptors (Lipinski definition) is 4. The number of benzene rings is 1. The van der Waals surface area contributed by atoms with Crippen molar-refractivity contribution in [1.29, 1.82) is 0 Å². The number of nitro groups is 1. The zero-order chi connectivity index (χ0) is 13.7. The first-order valence-electron chi connectivity index (χ1n) is 6.83. The Morgan fingerprint density at radius 3 is 2.84 bits per heavy atom. The topological polar surface area (TPSA) is 64.4 Å². The Bertz CT molecular complexity index is 444. The normalized spacial score (nSPS) is 15.0. The van der Waals surface area contributed by atoms with E-state index in [1.807, 2.05) is 13.0 Å². The Hall–Kier alpha value is -1.62. The molecule has 1 aromatic carbocycles. The molecule has 0 bridgehead atoms. The molecule has 0 unspecified atom stereocenters. The predicted molar refractivity (Wildman–Crippen MR) is 74.3 cm³/mol.